The molecule has 0 unspecified atom stereocenters. The highest BCUT2D eigenvalue weighted by molar-refractivity contribution is 7.92. The SMILES string of the molecule is COc1cccc(N(CCCC(=O)N(Cc2ccc(Cl)cc2)[C@@H](C)C(=O)NC(C)(C)C)S(C)(=O)=O)c1. The van der Waals surface area contributed by atoms with E-state index >= 15 is 0 Å². The Hall–Kier alpha value is -2.78. The fourth-order valence-electron chi connectivity index (χ4n) is 3.61. The van der Waals surface area contributed by atoms with Crippen molar-refractivity contribution < 1.29 is 22.7 Å². The van der Waals surface area contributed by atoms with E-state index in [0.717, 1.165) is 11.8 Å². The Morgan fingerprint density at radius 2 is 1.75 bits per heavy atom. The standard InChI is InChI=1S/C26H36ClN3O5S/c1-19(25(32)28-26(2,3)4)29(18-20-12-14-21(27)15-13-20)24(31)11-8-16-30(36(6,33)34)22-9-7-10-23(17-22)35-5/h7,9-10,12-15,17,19H,8,11,16,18H2,1-6H3,(H,28,32)/t19-/m0/s1. The number of nitrogens with one attached hydrogen (secondary N) is 1. The van der Waals surface area contributed by atoms with Gasteiger partial charge in [0.1, 0.15) is 11.8 Å². The number of halogens is 1. The Morgan fingerprint density at radius 1 is 1.11 bits per heavy atom. The Labute approximate surface area is 219 Å². The summed E-state index contributed by atoms with van der Waals surface area (Å²) in [6.45, 7) is 7.65. The van der Waals surface area contributed by atoms with Gasteiger partial charge < -0.3 is 15.0 Å². The van der Waals surface area contributed by atoms with Gasteiger partial charge in [0.25, 0.3) is 0 Å². The molecule has 0 radical (unpaired) electrons. The molecule has 2 aromatic rings. The van der Waals surface area contributed by atoms with Gasteiger partial charge in [-0.2, -0.15) is 0 Å². The van der Waals surface area contributed by atoms with Crippen LogP contribution in [0.2, 0.25) is 5.02 Å². The second-order valence-corrected chi connectivity index (χ2v) is 12.0. The minimum atomic E-state index is -3.59. The minimum absolute atomic E-state index is 0.0662. The largest absolute Gasteiger partial charge is 0.497 e. The van der Waals surface area contributed by atoms with E-state index in [9.17, 15) is 18.0 Å². The smallest absolute Gasteiger partial charge is 0.242 e. The Morgan fingerprint density at radius 3 is 2.31 bits per heavy atom. The summed E-state index contributed by atoms with van der Waals surface area (Å²) in [7, 11) is -2.08. The molecule has 0 aromatic heterocycles. The molecule has 0 heterocycles. The molecule has 0 aliphatic heterocycles. The number of hydrogen-bond acceptors (Lipinski definition) is 5. The number of methoxy groups -OCH3 is 1. The van der Waals surface area contributed by atoms with Crippen LogP contribution in [0.5, 0.6) is 5.75 Å². The normalized spacial score (nSPS) is 12.5. The molecule has 0 spiro atoms. The van der Waals surface area contributed by atoms with E-state index in [2.05, 4.69) is 5.32 Å². The summed E-state index contributed by atoms with van der Waals surface area (Å²) in [6.07, 6.45) is 1.46. The van der Waals surface area contributed by atoms with Crippen molar-refractivity contribution in [3.8, 4) is 5.75 Å². The van der Waals surface area contributed by atoms with Crippen molar-refractivity contribution in [2.75, 3.05) is 24.2 Å². The third kappa shape index (κ3) is 9.02. The molecule has 198 valence electrons. The van der Waals surface area contributed by atoms with Crippen LogP contribution in [0.1, 0.15) is 46.1 Å². The average Bonchev–Trinajstić information content (AvgIpc) is 2.79. The third-order valence-electron chi connectivity index (χ3n) is 5.43. The van der Waals surface area contributed by atoms with E-state index in [0.29, 0.717) is 16.5 Å². The van der Waals surface area contributed by atoms with Crippen molar-refractivity contribution in [3.63, 3.8) is 0 Å². The molecule has 0 aliphatic rings. The van der Waals surface area contributed by atoms with Crippen LogP contribution < -0.4 is 14.4 Å². The summed E-state index contributed by atoms with van der Waals surface area (Å²) in [4.78, 5) is 27.7. The molecule has 1 atom stereocenters. The van der Waals surface area contributed by atoms with Gasteiger partial charge in [0.2, 0.25) is 21.8 Å². The van der Waals surface area contributed by atoms with E-state index in [4.69, 9.17) is 16.3 Å². The van der Waals surface area contributed by atoms with Crippen molar-refractivity contribution in [1.29, 1.82) is 0 Å². The monoisotopic (exact) mass is 537 g/mol. The summed E-state index contributed by atoms with van der Waals surface area (Å²) in [5, 5.41) is 3.50. The third-order valence-corrected chi connectivity index (χ3v) is 6.87. The van der Waals surface area contributed by atoms with Crippen LogP contribution in [0.3, 0.4) is 0 Å². The molecule has 1 N–H and O–H groups in total. The summed E-state index contributed by atoms with van der Waals surface area (Å²) in [5.74, 6) is 0.0182. The van der Waals surface area contributed by atoms with E-state index < -0.39 is 21.6 Å². The van der Waals surface area contributed by atoms with Gasteiger partial charge in [-0.15, -0.1) is 0 Å². The Bertz CT molecular complexity index is 1150. The fraction of sp³-hybridized carbons (Fsp3) is 0.462. The van der Waals surface area contributed by atoms with Gasteiger partial charge in [0.05, 0.1) is 19.1 Å². The van der Waals surface area contributed by atoms with Crippen molar-refractivity contribution in [2.45, 2.75) is 58.7 Å². The van der Waals surface area contributed by atoms with E-state index in [-0.39, 0.29) is 37.7 Å². The van der Waals surface area contributed by atoms with Crippen molar-refractivity contribution >= 4 is 39.1 Å². The maximum Gasteiger partial charge on any atom is 0.242 e. The van der Waals surface area contributed by atoms with Crippen molar-refractivity contribution in [3.05, 3.63) is 59.1 Å². The lowest BCUT2D eigenvalue weighted by Gasteiger charge is -2.32. The van der Waals surface area contributed by atoms with Gasteiger partial charge in [-0.25, -0.2) is 8.42 Å². The number of carbonyl (C=O) groups is 2. The first-order valence-electron chi connectivity index (χ1n) is 11.7. The predicted molar refractivity (Wildman–Crippen MR) is 144 cm³/mol. The molecule has 2 rings (SSSR count). The second kappa shape index (κ2) is 12.5. The lowest BCUT2D eigenvalue weighted by Crippen LogP contribution is -2.52. The van der Waals surface area contributed by atoms with Crippen molar-refractivity contribution in [1.82, 2.24) is 10.2 Å². The molecule has 0 aliphatic carbocycles. The summed E-state index contributed by atoms with van der Waals surface area (Å²) >= 11 is 5.99. The van der Waals surface area contributed by atoms with Crippen LogP contribution in [0.4, 0.5) is 5.69 Å². The first-order chi connectivity index (χ1) is 16.7. The molecule has 0 fully saturated rings. The zero-order valence-corrected chi connectivity index (χ0v) is 23.3. The highest BCUT2D eigenvalue weighted by atomic mass is 35.5. The molecule has 8 nitrogen and oxygen atoms in total. The van der Waals surface area contributed by atoms with Crippen LogP contribution in [-0.4, -0.2) is 56.6 Å². The number of ether oxygens (including phenoxy) is 1. The lowest BCUT2D eigenvalue weighted by molar-refractivity contribution is -0.141. The topological polar surface area (TPSA) is 96.0 Å². The maximum absolute atomic E-state index is 13.3. The number of carbonyl (C=O) groups excluding carboxylic acids is 2. The van der Waals surface area contributed by atoms with E-state index in [1.165, 1.54) is 16.3 Å². The maximum atomic E-state index is 13.3. The molecule has 0 bridgehead atoms. The molecule has 2 aromatic carbocycles. The van der Waals surface area contributed by atoms with Gasteiger partial charge >= 0.3 is 0 Å². The summed E-state index contributed by atoms with van der Waals surface area (Å²) < 4.78 is 31.4. The number of hydrogen-bond donors (Lipinski definition) is 1. The second-order valence-electron chi connectivity index (χ2n) is 9.70. The molecule has 0 saturated carbocycles. The van der Waals surface area contributed by atoms with Crippen molar-refractivity contribution in [2.24, 2.45) is 0 Å². The van der Waals surface area contributed by atoms with Crippen LogP contribution in [-0.2, 0) is 26.2 Å². The number of nitrogens with zero attached hydrogens (tertiary/aromatic N) is 2. The van der Waals surface area contributed by atoms with Crippen LogP contribution in [0.15, 0.2) is 48.5 Å². The number of sulfonamides is 1. The Balaban J connectivity index is 2.19. The van der Waals surface area contributed by atoms with E-state index in [1.54, 1.807) is 43.3 Å². The Kier molecular flexibility index (Phi) is 10.2. The first kappa shape index (κ1) is 29.5. The van der Waals surface area contributed by atoms with Gasteiger partial charge in [0, 0.05) is 36.1 Å². The van der Waals surface area contributed by atoms with Crippen LogP contribution >= 0.6 is 11.6 Å². The van der Waals surface area contributed by atoms with Crippen LogP contribution in [0, 0.1) is 0 Å². The highest BCUT2D eigenvalue weighted by Gasteiger charge is 2.28. The lowest BCUT2D eigenvalue weighted by atomic mass is 10.1. The molecular formula is C26H36ClN3O5S. The predicted octanol–water partition coefficient (Wildman–Crippen LogP) is 4.23. The number of benzene rings is 2. The molecule has 0 saturated heterocycles. The summed E-state index contributed by atoms with van der Waals surface area (Å²) in [6, 6.07) is 13.1. The van der Waals surface area contributed by atoms with Crippen LogP contribution in [0.25, 0.3) is 0 Å². The first-order valence-corrected chi connectivity index (χ1v) is 13.9. The highest BCUT2D eigenvalue weighted by Crippen LogP contribution is 2.24. The van der Waals surface area contributed by atoms with Gasteiger partial charge in [-0.05, 0) is 63.9 Å². The quantitative estimate of drug-likeness (QED) is 0.463. The summed E-state index contributed by atoms with van der Waals surface area (Å²) in [5.41, 5.74) is 0.838. The average molecular weight is 538 g/mol. The molecular weight excluding hydrogens is 502 g/mol. The number of amides is 2. The van der Waals surface area contributed by atoms with Gasteiger partial charge in [0.15, 0.2) is 0 Å². The number of rotatable bonds is 11. The van der Waals surface area contributed by atoms with E-state index in [1.807, 2.05) is 32.9 Å². The minimum Gasteiger partial charge on any atom is -0.497 e. The number of anilines is 1. The molecule has 10 heteroatoms. The van der Waals surface area contributed by atoms with Gasteiger partial charge in [-0.3, -0.25) is 13.9 Å². The molecule has 2 amide bonds. The zero-order valence-electron chi connectivity index (χ0n) is 21.7. The van der Waals surface area contributed by atoms with Gasteiger partial charge in [-0.1, -0.05) is 29.8 Å². The molecule has 36 heavy (non-hydrogen) atoms. The fourth-order valence-corrected chi connectivity index (χ4v) is 4.70. The zero-order chi connectivity index (χ0) is 27.1.